The third-order valence-electron chi connectivity index (χ3n) is 3.92. The van der Waals surface area contributed by atoms with Crippen LogP contribution < -0.4 is 5.32 Å². The van der Waals surface area contributed by atoms with Crippen LogP contribution in [0.15, 0.2) is 11.4 Å². The highest BCUT2D eigenvalue weighted by molar-refractivity contribution is 7.99. The molecule has 6 heteroatoms. The Morgan fingerprint density at radius 1 is 1.50 bits per heavy atom. The summed E-state index contributed by atoms with van der Waals surface area (Å²) < 4.78 is 1.82. The summed E-state index contributed by atoms with van der Waals surface area (Å²) in [6.07, 6.45) is 6.24. The van der Waals surface area contributed by atoms with Crippen molar-refractivity contribution in [3.8, 4) is 0 Å². The molecular formula is C14H23N3O2S. The van der Waals surface area contributed by atoms with E-state index in [2.05, 4.69) is 17.2 Å². The average Bonchev–Trinajstić information content (AvgIpc) is 2.79. The molecule has 2 rings (SSSR count). The van der Waals surface area contributed by atoms with Gasteiger partial charge in [0.25, 0.3) is 0 Å². The Kier molecular flexibility index (Phi) is 5.48. The fourth-order valence-electron chi connectivity index (χ4n) is 2.51. The quantitative estimate of drug-likeness (QED) is 0.812. The Morgan fingerprint density at radius 3 is 2.80 bits per heavy atom. The second kappa shape index (κ2) is 7.13. The molecule has 0 aliphatic heterocycles. The van der Waals surface area contributed by atoms with Crippen molar-refractivity contribution in [3.63, 3.8) is 0 Å². The molecule has 0 aromatic carbocycles. The number of nitrogens with zero attached hydrogens (tertiary/aromatic N) is 2. The first-order valence-corrected chi connectivity index (χ1v) is 8.12. The summed E-state index contributed by atoms with van der Waals surface area (Å²) in [6.45, 7) is 2.24. The summed E-state index contributed by atoms with van der Waals surface area (Å²) in [5.41, 5.74) is 0.758. The topological polar surface area (TPSA) is 67.2 Å². The highest BCUT2D eigenvalue weighted by atomic mass is 32.2. The highest BCUT2D eigenvalue weighted by Gasteiger charge is 2.20. The van der Waals surface area contributed by atoms with Gasteiger partial charge in [0.1, 0.15) is 0 Å². The summed E-state index contributed by atoms with van der Waals surface area (Å²) in [4.78, 5) is 16.1. The molecule has 1 fully saturated rings. The van der Waals surface area contributed by atoms with E-state index < -0.39 is 0 Å². The molecule has 1 aliphatic rings. The van der Waals surface area contributed by atoms with Gasteiger partial charge in [-0.25, -0.2) is 4.98 Å². The van der Waals surface area contributed by atoms with Crippen LogP contribution in [0.4, 0.5) is 0 Å². The van der Waals surface area contributed by atoms with Gasteiger partial charge in [0.2, 0.25) is 5.91 Å². The summed E-state index contributed by atoms with van der Waals surface area (Å²) >= 11 is 1.41. The lowest BCUT2D eigenvalue weighted by Crippen LogP contribution is -2.38. The van der Waals surface area contributed by atoms with Crippen LogP contribution in [0.5, 0.6) is 0 Å². The van der Waals surface area contributed by atoms with Gasteiger partial charge in [0.05, 0.1) is 24.3 Å². The summed E-state index contributed by atoms with van der Waals surface area (Å²) in [7, 11) is 1.85. The number of nitrogens with one attached hydrogen (secondary N) is 1. The van der Waals surface area contributed by atoms with Crippen molar-refractivity contribution in [3.05, 3.63) is 11.9 Å². The van der Waals surface area contributed by atoms with Crippen molar-refractivity contribution >= 4 is 17.7 Å². The number of aliphatic hydroxyl groups is 1. The molecule has 0 radical (unpaired) electrons. The highest BCUT2D eigenvalue weighted by Crippen LogP contribution is 2.23. The van der Waals surface area contributed by atoms with Crippen molar-refractivity contribution in [1.29, 1.82) is 0 Å². The predicted molar refractivity (Wildman–Crippen MR) is 79.4 cm³/mol. The zero-order valence-electron chi connectivity index (χ0n) is 12.1. The lowest BCUT2D eigenvalue weighted by atomic mass is 9.87. The molecule has 1 aliphatic carbocycles. The molecule has 0 spiro atoms. The van der Waals surface area contributed by atoms with E-state index in [1.807, 2.05) is 11.6 Å². The molecule has 2 N–H and O–H groups in total. The van der Waals surface area contributed by atoms with E-state index in [1.54, 1.807) is 6.20 Å². The summed E-state index contributed by atoms with van der Waals surface area (Å²) in [5.74, 6) is 1.24. The maximum absolute atomic E-state index is 11.9. The maximum Gasteiger partial charge on any atom is 0.230 e. The molecule has 1 saturated carbocycles. The van der Waals surface area contributed by atoms with Gasteiger partial charge in [-0.05, 0) is 31.6 Å². The first kappa shape index (κ1) is 15.4. The standard InChI is InChI=1S/C14H23N3O2S/c1-10-3-5-11(6-4-10)16-13(19)9-20-14-15-7-12(8-18)17(14)2/h7,10-11,18H,3-6,8-9H2,1-2H3,(H,16,19). The van der Waals surface area contributed by atoms with E-state index in [0.717, 1.165) is 29.6 Å². The fraction of sp³-hybridized carbons (Fsp3) is 0.714. The Bertz CT molecular complexity index is 453. The smallest absolute Gasteiger partial charge is 0.230 e. The number of hydrogen-bond acceptors (Lipinski definition) is 4. The zero-order valence-corrected chi connectivity index (χ0v) is 12.9. The number of hydrogen-bond donors (Lipinski definition) is 2. The number of rotatable bonds is 5. The molecule has 0 unspecified atom stereocenters. The monoisotopic (exact) mass is 297 g/mol. The Hall–Kier alpha value is -1.01. The molecule has 1 heterocycles. The summed E-state index contributed by atoms with van der Waals surface area (Å²) in [5, 5.41) is 13.0. The summed E-state index contributed by atoms with van der Waals surface area (Å²) in [6, 6.07) is 0.341. The lowest BCUT2D eigenvalue weighted by molar-refractivity contribution is -0.119. The van der Waals surface area contributed by atoms with Gasteiger partial charge < -0.3 is 15.0 Å². The van der Waals surface area contributed by atoms with Gasteiger partial charge in [-0.15, -0.1) is 0 Å². The van der Waals surface area contributed by atoms with Gasteiger partial charge in [0.15, 0.2) is 5.16 Å². The predicted octanol–water partition coefficient (Wildman–Crippen LogP) is 1.70. The van der Waals surface area contributed by atoms with Crippen molar-refractivity contribution in [2.24, 2.45) is 13.0 Å². The molecule has 0 saturated heterocycles. The van der Waals surface area contributed by atoms with Crippen molar-refractivity contribution in [1.82, 2.24) is 14.9 Å². The minimum absolute atomic E-state index is 0.0312. The van der Waals surface area contributed by atoms with Crippen LogP contribution in [0.1, 0.15) is 38.3 Å². The van der Waals surface area contributed by atoms with Crippen molar-refractivity contribution in [2.45, 2.75) is 50.4 Å². The fourth-order valence-corrected chi connectivity index (χ4v) is 3.29. The van der Waals surface area contributed by atoms with E-state index in [4.69, 9.17) is 5.11 Å². The van der Waals surface area contributed by atoms with Crippen LogP contribution in [-0.2, 0) is 18.4 Å². The van der Waals surface area contributed by atoms with E-state index in [9.17, 15) is 4.79 Å². The SMILES string of the molecule is CC1CCC(NC(=O)CSc2ncc(CO)n2C)CC1. The Balaban J connectivity index is 1.76. The molecule has 0 bridgehead atoms. The van der Waals surface area contributed by atoms with E-state index in [-0.39, 0.29) is 12.5 Å². The van der Waals surface area contributed by atoms with Crippen molar-refractivity contribution in [2.75, 3.05) is 5.75 Å². The molecule has 112 valence electrons. The van der Waals surface area contributed by atoms with Gasteiger partial charge in [-0.1, -0.05) is 18.7 Å². The normalized spacial score (nSPS) is 22.8. The number of amides is 1. The molecule has 1 amide bonds. The first-order valence-electron chi connectivity index (χ1n) is 7.13. The Morgan fingerprint density at radius 2 is 2.20 bits per heavy atom. The van der Waals surface area contributed by atoms with E-state index in [0.29, 0.717) is 11.8 Å². The third kappa shape index (κ3) is 3.99. The average molecular weight is 297 g/mol. The van der Waals surface area contributed by atoms with E-state index in [1.165, 1.54) is 24.6 Å². The number of carbonyl (C=O) groups is 1. The lowest BCUT2D eigenvalue weighted by Gasteiger charge is -2.26. The third-order valence-corrected chi connectivity index (χ3v) is 4.96. The molecule has 5 nitrogen and oxygen atoms in total. The van der Waals surface area contributed by atoms with Crippen LogP contribution in [-0.4, -0.2) is 32.4 Å². The van der Waals surface area contributed by atoms with Gasteiger partial charge >= 0.3 is 0 Å². The molecule has 1 aromatic heterocycles. The second-order valence-corrected chi connectivity index (χ2v) is 6.50. The number of thioether (sulfide) groups is 1. The van der Waals surface area contributed by atoms with E-state index >= 15 is 0 Å². The van der Waals surface area contributed by atoms with Gasteiger partial charge in [0, 0.05) is 13.1 Å². The van der Waals surface area contributed by atoms with Crippen molar-refractivity contribution < 1.29 is 9.90 Å². The number of aromatic nitrogens is 2. The zero-order chi connectivity index (χ0) is 14.5. The molecule has 1 aromatic rings. The minimum Gasteiger partial charge on any atom is -0.390 e. The molecular weight excluding hydrogens is 274 g/mol. The van der Waals surface area contributed by atoms with Crippen LogP contribution in [0, 0.1) is 5.92 Å². The minimum atomic E-state index is -0.0312. The Labute approximate surface area is 124 Å². The van der Waals surface area contributed by atoms with Crippen LogP contribution in [0.25, 0.3) is 0 Å². The molecule has 20 heavy (non-hydrogen) atoms. The second-order valence-electron chi connectivity index (χ2n) is 5.56. The largest absolute Gasteiger partial charge is 0.390 e. The van der Waals surface area contributed by atoms with Crippen LogP contribution >= 0.6 is 11.8 Å². The number of imidazole rings is 1. The molecule has 0 atom stereocenters. The maximum atomic E-state index is 11.9. The van der Waals surface area contributed by atoms with Crippen LogP contribution in [0.3, 0.4) is 0 Å². The van der Waals surface area contributed by atoms with Crippen LogP contribution in [0.2, 0.25) is 0 Å². The number of carbonyl (C=O) groups excluding carboxylic acids is 1. The van der Waals surface area contributed by atoms with Gasteiger partial charge in [-0.3, -0.25) is 4.79 Å². The first-order chi connectivity index (χ1) is 9.60. The van der Waals surface area contributed by atoms with Gasteiger partial charge in [-0.2, -0.15) is 0 Å². The number of aliphatic hydroxyl groups excluding tert-OH is 1.